The smallest absolute Gasteiger partial charge is 0.249 e. The number of nitrogens with zero attached hydrogens (tertiary/aromatic N) is 6. The van der Waals surface area contributed by atoms with Crippen LogP contribution in [-0.2, 0) is 19.2 Å². The molecule has 4 aliphatic heterocycles. The number of piperidine rings is 3. The number of benzene rings is 2. The highest BCUT2D eigenvalue weighted by Gasteiger charge is 2.49. The number of halogens is 1. The minimum atomic E-state index is -0.479. The average molecular weight is 830 g/mol. The van der Waals surface area contributed by atoms with Gasteiger partial charge in [-0.25, -0.2) is 9.97 Å². The minimum absolute atomic E-state index is 0.0996. The molecule has 1 atom stereocenters. The molecule has 2 aromatic carbocycles. The third kappa shape index (κ3) is 8.60. The molecule has 1 spiro atoms. The summed E-state index contributed by atoms with van der Waals surface area (Å²) in [6.07, 6.45) is 14.8. The second-order valence-electron chi connectivity index (χ2n) is 17.2. The number of anilines is 4. The quantitative estimate of drug-likeness (QED) is 0.142. The number of carbonyl (C=O) groups is 4. The zero-order chi connectivity index (χ0) is 41.2. The summed E-state index contributed by atoms with van der Waals surface area (Å²) in [6, 6.07) is 18.2. The van der Waals surface area contributed by atoms with Gasteiger partial charge in [-0.3, -0.25) is 34.4 Å². The van der Waals surface area contributed by atoms with Gasteiger partial charge in [0.25, 0.3) is 0 Å². The molecule has 14 heteroatoms. The van der Waals surface area contributed by atoms with Gasteiger partial charge >= 0.3 is 0 Å². The Kier molecular flexibility index (Phi) is 11.5. The van der Waals surface area contributed by atoms with Gasteiger partial charge in [0, 0.05) is 37.3 Å². The Labute approximate surface area is 355 Å². The SMILES string of the molecule is O=C1CCC(Nc2ccc(C3CCN(CC(=O)N4CCC5(CC4)CCN(c4cncc(Nc6ncc(Cl)c(-c7cccc(C8CCCC8)c7)n6)c4)C5=O)CC3)cc2)C(=O)N1. The predicted molar refractivity (Wildman–Crippen MR) is 231 cm³/mol. The van der Waals surface area contributed by atoms with E-state index < -0.39 is 11.5 Å². The maximum atomic E-state index is 14.1. The van der Waals surface area contributed by atoms with Gasteiger partial charge in [-0.2, -0.15) is 0 Å². The minimum Gasteiger partial charge on any atom is -0.374 e. The first-order chi connectivity index (χ1) is 29.2. The second-order valence-corrected chi connectivity index (χ2v) is 17.6. The number of likely N-dealkylation sites (tertiary alicyclic amines) is 2. The van der Waals surface area contributed by atoms with Gasteiger partial charge in [0.15, 0.2) is 0 Å². The normalized spacial score (nSPS) is 21.4. The van der Waals surface area contributed by atoms with E-state index in [9.17, 15) is 19.2 Å². The molecule has 2 aromatic heterocycles. The number of hydrogen-bond acceptors (Lipinski definition) is 10. The molecule has 9 rings (SSSR count). The maximum absolute atomic E-state index is 14.1. The third-order valence-electron chi connectivity index (χ3n) is 13.5. The lowest BCUT2D eigenvalue weighted by atomic mass is 9.77. The van der Waals surface area contributed by atoms with Crippen LogP contribution in [0.2, 0.25) is 5.02 Å². The summed E-state index contributed by atoms with van der Waals surface area (Å²) in [5, 5.41) is 9.41. The Bertz CT molecular complexity index is 2250. The number of rotatable bonds is 10. The van der Waals surface area contributed by atoms with Gasteiger partial charge < -0.3 is 20.4 Å². The van der Waals surface area contributed by atoms with Gasteiger partial charge in [0.05, 0.1) is 52.6 Å². The van der Waals surface area contributed by atoms with Crippen molar-refractivity contribution >= 4 is 58.2 Å². The summed E-state index contributed by atoms with van der Waals surface area (Å²) in [5.74, 6) is 1.12. The molecule has 13 nitrogen and oxygen atoms in total. The van der Waals surface area contributed by atoms with Crippen LogP contribution >= 0.6 is 11.6 Å². The molecule has 1 aliphatic carbocycles. The van der Waals surface area contributed by atoms with Crippen molar-refractivity contribution in [3.8, 4) is 11.3 Å². The van der Waals surface area contributed by atoms with Crippen molar-refractivity contribution in [2.75, 3.05) is 54.8 Å². The van der Waals surface area contributed by atoms with Gasteiger partial charge in [-0.05, 0) is 112 Å². The predicted octanol–water partition coefficient (Wildman–Crippen LogP) is 7.04. The summed E-state index contributed by atoms with van der Waals surface area (Å²) >= 11 is 6.62. The number of carbonyl (C=O) groups excluding carboxylic acids is 4. The standard InChI is InChI=1S/C46H52ClN9O4/c47-38-28-49-45(53-42(38)34-7-3-6-33(24-34)30-4-1-2-5-30)51-36-25-37(27-48-26-36)56-23-18-46(44(56)60)16-21-55(22-17-46)41(58)29-54-19-14-32(15-20-54)31-8-10-35(11-9-31)50-39-12-13-40(57)52-43(39)59/h3,6-11,24-28,30,32,39,50H,1-2,4-5,12-23,29H2,(H,49,51,53)(H,52,57,59). The molecular weight excluding hydrogens is 778 g/mol. The molecule has 0 bridgehead atoms. The highest BCUT2D eigenvalue weighted by atomic mass is 35.5. The molecule has 5 aliphatic rings. The fraction of sp³-hybridized carbons (Fsp3) is 0.457. The molecule has 4 amide bonds. The van der Waals surface area contributed by atoms with Crippen molar-refractivity contribution in [2.45, 2.75) is 88.5 Å². The molecule has 1 unspecified atom stereocenters. The number of nitrogens with one attached hydrogen (secondary N) is 3. The van der Waals surface area contributed by atoms with Crippen molar-refractivity contribution in [2.24, 2.45) is 5.41 Å². The Morgan fingerprint density at radius 3 is 2.33 bits per heavy atom. The van der Waals surface area contributed by atoms with Gasteiger partial charge in [-0.1, -0.05) is 54.8 Å². The highest BCUT2D eigenvalue weighted by molar-refractivity contribution is 6.32. The van der Waals surface area contributed by atoms with E-state index >= 15 is 0 Å². The first kappa shape index (κ1) is 40.0. The fourth-order valence-corrected chi connectivity index (χ4v) is 10.1. The molecule has 312 valence electrons. The maximum Gasteiger partial charge on any atom is 0.249 e. The van der Waals surface area contributed by atoms with Crippen LogP contribution in [0.15, 0.2) is 73.2 Å². The molecule has 4 saturated heterocycles. The number of pyridine rings is 1. The van der Waals surface area contributed by atoms with Crippen LogP contribution in [0.3, 0.4) is 0 Å². The van der Waals surface area contributed by atoms with Crippen LogP contribution in [0.25, 0.3) is 11.3 Å². The number of hydrogen-bond donors (Lipinski definition) is 3. The first-order valence-electron chi connectivity index (χ1n) is 21.6. The van der Waals surface area contributed by atoms with E-state index in [-0.39, 0.29) is 23.6 Å². The lowest BCUT2D eigenvalue weighted by Crippen LogP contribution is -2.49. The van der Waals surface area contributed by atoms with Gasteiger partial charge in [0.2, 0.25) is 29.6 Å². The van der Waals surface area contributed by atoms with E-state index in [0.717, 1.165) is 49.3 Å². The van der Waals surface area contributed by atoms with Crippen molar-refractivity contribution in [1.82, 2.24) is 30.1 Å². The summed E-state index contributed by atoms with van der Waals surface area (Å²) in [4.78, 5) is 70.9. The van der Waals surface area contributed by atoms with Gasteiger partial charge in [-0.15, -0.1) is 0 Å². The Hall–Kier alpha value is -5.40. The van der Waals surface area contributed by atoms with Crippen molar-refractivity contribution < 1.29 is 19.2 Å². The molecule has 1 saturated carbocycles. The Morgan fingerprint density at radius 1 is 0.817 bits per heavy atom. The van der Waals surface area contributed by atoms with Crippen LogP contribution in [0.1, 0.15) is 93.6 Å². The molecule has 3 N–H and O–H groups in total. The highest BCUT2D eigenvalue weighted by Crippen LogP contribution is 2.44. The van der Waals surface area contributed by atoms with E-state index in [4.69, 9.17) is 16.6 Å². The van der Waals surface area contributed by atoms with E-state index in [1.165, 1.54) is 36.8 Å². The van der Waals surface area contributed by atoms with Crippen LogP contribution in [-0.4, -0.2) is 93.7 Å². The number of imide groups is 1. The number of aromatic nitrogens is 3. The molecule has 60 heavy (non-hydrogen) atoms. The lowest BCUT2D eigenvalue weighted by Gasteiger charge is -2.39. The van der Waals surface area contributed by atoms with Gasteiger partial charge in [0.1, 0.15) is 6.04 Å². The molecule has 0 radical (unpaired) electrons. The first-order valence-corrected chi connectivity index (χ1v) is 21.9. The molecule has 4 aromatic rings. The topological polar surface area (TPSA) is 153 Å². The van der Waals surface area contributed by atoms with Crippen molar-refractivity contribution in [1.29, 1.82) is 0 Å². The van der Waals surface area contributed by atoms with E-state index in [1.807, 2.05) is 34.1 Å². The zero-order valence-electron chi connectivity index (χ0n) is 33.9. The third-order valence-corrected chi connectivity index (χ3v) is 13.8. The lowest BCUT2D eigenvalue weighted by molar-refractivity contribution is -0.138. The zero-order valence-corrected chi connectivity index (χ0v) is 34.6. The summed E-state index contributed by atoms with van der Waals surface area (Å²) < 4.78 is 0. The van der Waals surface area contributed by atoms with E-state index in [1.54, 1.807) is 18.6 Å². The van der Waals surface area contributed by atoms with Crippen molar-refractivity contribution in [3.05, 3.63) is 89.3 Å². The largest absolute Gasteiger partial charge is 0.374 e. The summed E-state index contributed by atoms with van der Waals surface area (Å²) in [6.45, 7) is 3.84. The summed E-state index contributed by atoms with van der Waals surface area (Å²) in [5.41, 5.74) is 6.00. The van der Waals surface area contributed by atoms with Crippen molar-refractivity contribution in [3.63, 3.8) is 0 Å². The molecule has 6 heterocycles. The monoisotopic (exact) mass is 829 g/mol. The Morgan fingerprint density at radius 2 is 1.57 bits per heavy atom. The van der Waals surface area contributed by atoms with Crippen LogP contribution in [0.5, 0.6) is 0 Å². The molecule has 5 fully saturated rings. The summed E-state index contributed by atoms with van der Waals surface area (Å²) in [7, 11) is 0. The Balaban J connectivity index is 0.752. The second kappa shape index (κ2) is 17.3. The van der Waals surface area contributed by atoms with Crippen LogP contribution in [0, 0.1) is 5.41 Å². The fourth-order valence-electron chi connectivity index (χ4n) is 9.92. The average Bonchev–Trinajstić information content (AvgIpc) is 3.92. The van der Waals surface area contributed by atoms with E-state index in [2.05, 4.69) is 61.2 Å². The number of amides is 4. The van der Waals surface area contributed by atoms with Crippen LogP contribution in [0.4, 0.5) is 23.0 Å². The molecular formula is C46H52ClN9O4. The van der Waals surface area contributed by atoms with E-state index in [0.29, 0.717) is 86.1 Å². The van der Waals surface area contributed by atoms with Crippen LogP contribution < -0.4 is 20.9 Å².